The Balaban J connectivity index is 1.86. The fourth-order valence-electron chi connectivity index (χ4n) is 2.48. The Bertz CT molecular complexity index is 454. The van der Waals surface area contributed by atoms with Crippen molar-refractivity contribution < 1.29 is 9.90 Å². The Morgan fingerprint density at radius 2 is 2.05 bits per heavy atom. The number of hydrogen-bond donors (Lipinski definition) is 2. The summed E-state index contributed by atoms with van der Waals surface area (Å²) >= 11 is 0. The van der Waals surface area contributed by atoms with Crippen molar-refractivity contribution in [3.8, 4) is 0 Å². The topological polar surface area (TPSA) is 49.3 Å². The van der Waals surface area contributed by atoms with Gasteiger partial charge in [-0.1, -0.05) is 19.9 Å². The number of amides is 1. The lowest BCUT2D eigenvalue weighted by Crippen LogP contribution is -2.28. The molecule has 2 N–H and O–H groups in total. The maximum Gasteiger partial charge on any atom is 0.251 e. The van der Waals surface area contributed by atoms with E-state index in [2.05, 4.69) is 11.4 Å². The molecule has 2 rings (SSSR count). The molecule has 0 radical (unpaired) electrons. The van der Waals surface area contributed by atoms with Crippen LogP contribution in [0.2, 0.25) is 0 Å². The van der Waals surface area contributed by atoms with Crippen molar-refractivity contribution >= 4 is 5.91 Å². The molecule has 1 amide bonds. The standard InChI is InChI=1S/C16H23NO2/c1-11(2)15(18)8-9-17-16(19)14-7-6-12-4-3-5-13(12)10-14/h6-7,10-11,15,18H,3-5,8-9H2,1-2H3,(H,17,19). The maximum atomic E-state index is 12.0. The molecular weight excluding hydrogens is 238 g/mol. The molecule has 0 bridgehead atoms. The van der Waals surface area contributed by atoms with Gasteiger partial charge in [-0.2, -0.15) is 0 Å². The van der Waals surface area contributed by atoms with E-state index in [0.29, 0.717) is 13.0 Å². The van der Waals surface area contributed by atoms with Crippen LogP contribution in [0.25, 0.3) is 0 Å². The Labute approximate surface area is 115 Å². The number of aryl methyl sites for hydroxylation is 2. The smallest absolute Gasteiger partial charge is 0.251 e. The van der Waals surface area contributed by atoms with E-state index in [0.717, 1.165) is 18.4 Å². The predicted octanol–water partition coefficient (Wildman–Crippen LogP) is 2.31. The fourth-order valence-corrected chi connectivity index (χ4v) is 2.48. The molecule has 0 aromatic heterocycles. The van der Waals surface area contributed by atoms with Crippen LogP contribution in [0.4, 0.5) is 0 Å². The van der Waals surface area contributed by atoms with E-state index in [1.165, 1.54) is 17.5 Å². The Morgan fingerprint density at radius 1 is 1.32 bits per heavy atom. The van der Waals surface area contributed by atoms with Gasteiger partial charge in [0.1, 0.15) is 0 Å². The molecule has 1 aliphatic rings. The Kier molecular flexibility index (Phi) is 4.59. The van der Waals surface area contributed by atoms with Crippen LogP contribution in [-0.4, -0.2) is 23.7 Å². The highest BCUT2D eigenvalue weighted by Gasteiger charge is 2.14. The summed E-state index contributed by atoms with van der Waals surface area (Å²) in [6.07, 6.45) is 3.68. The first-order valence-corrected chi connectivity index (χ1v) is 7.16. The molecule has 1 aromatic rings. The number of rotatable bonds is 5. The first kappa shape index (κ1) is 14.1. The van der Waals surface area contributed by atoms with E-state index in [1.54, 1.807) is 0 Å². The molecule has 1 aromatic carbocycles. The Morgan fingerprint density at radius 3 is 2.79 bits per heavy atom. The summed E-state index contributed by atoms with van der Waals surface area (Å²) in [6.45, 7) is 4.48. The van der Waals surface area contributed by atoms with Gasteiger partial charge >= 0.3 is 0 Å². The SMILES string of the molecule is CC(C)C(O)CCNC(=O)c1ccc2c(c1)CCC2. The van der Waals surface area contributed by atoms with Crippen molar-refractivity contribution in [2.75, 3.05) is 6.54 Å². The average Bonchev–Trinajstić information content (AvgIpc) is 2.85. The molecule has 1 aliphatic carbocycles. The van der Waals surface area contributed by atoms with Crippen LogP contribution < -0.4 is 5.32 Å². The van der Waals surface area contributed by atoms with Gasteiger partial charge in [-0.15, -0.1) is 0 Å². The molecular formula is C16H23NO2. The van der Waals surface area contributed by atoms with E-state index in [9.17, 15) is 9.90 Å². The van der Waals surface area contributed by atoms with Crippen LogP contribution in [0, 0.1) is 5.92 Å². The number of nitrogens with one attached hydrogen (secondary N) is 1. The molecule has 3 nitrogen and oxygen atoms in total. The molecule has 0 heterocycles. The lowest BCUT2D eigenvalue weighted by atomic mass is 10.0. The van der Waals surface area contributed by atoms with Gasteiger partial charge in [-0.05, 0) is 54.9 Å². The van der Waals surface area contributed by atoms with Crippen LogP contribution in [0.5, 0.6) is 0 Å². The molecule has 3 heteroatoms. The van der Waals surface area contributed by atoms with Crippen LogP contribution in [0.15, 0.2) is 18.2 Å². The quantitative estimate of drug-likeness (QED) is 0.854. The number of hydrogen-bond acceptors (Lipinski definition) is 2. The minimum atomic E-state index is -0.347. The van der Waals surface area contributed by atoms with Crippen molar-refractivity contribution in [3.63, 3.8) is 0 Å². The van der Waals surface area contributed by atoms with Crippen molar-refractivity contribution in [1.29, 1.82) is 0 Å². The van der Waals surface area contributed by atoms with Crippen LogP contribution in [-0.2, 0) is 12.8 Å². The van der Waals surface area contributed by atoms with E-state index in [1.807, 2.05) is 26.0 Å². The van der Waals surface area contributed by atoms with Gasteiger partial charge < -0.3 is 10.4 Å². The summed E-state index contributed by atoms with van der Waals surface area (Å²) in [4.78, 5) is 12.0. The van der Waals surface area contributed by atoms with E-state index in [-0.39, 0.29) is 17.9 Å². The lowest BCUT2D eigenvalue weighted by Gasteiger charge is -2.14. The second kappa shape index (κ2) is 6.20. The molecule has 1 atom stereocenters. The van der Waals surface area contributed by atoms with Crippen molar-refractivity contribution in [2.45, 2.75) is 45.6 Å². The summed E-state index contributed by atoms with van der Waals surface area (Å²) in [5.41, 5.74) is 3.43. The first-order chi connectivity index (χ1) is 9.08. The summed E-state index contributed by atoms with van der Waals surface area (Å²) in [7, 11) is 0. The van der Waals surface area contributed by atoms with Gasteiger partial charge in [-0.25, -0.2) is 0 Å². The lowest BCUT2D eigenvalue weighted by molar-refractivity contribution is 0.0920. The summed E-state index contributed by atoms with van der Waals surface area (Å²) in [5.74, 6) is 0.197. The number of carbonyl (C=O) groups is 1. The van der Waals surface area contributed by atoms with Crippen molar-refractivity contribution in [3.05, 3.63) is 34.9 Å². The minimum absolute atomic E-state index is 0.0364. The highest BCUT2D eigenvalue weighted by molar-refractivity contribution is 5.94. The van der Waals surface area contributed by atoms with Crippen LogP contribution in [0.1, 0.15) is 48.2 Å². The number of fused-ring (bicyclic) bond motifs is 1. The molecule has 1 unspecified atom stereocenters. The van der Waals surface area contributed by atoms with Crippen LogP contribution >= 0.6 is 0 Å². The van der Waals surface area contributed by atoms with Gasteiger partial charge in [0.25, 0.3) is 5.91 Å². The van der Waals surface area contributed by atoms with Gasteiger partial charge in [0.15, 0.2) is 0 Å². The third-order valence-corrected chi connectivity index (χ3v) is 3.86. The number of aliphatic hydroxyl groups excluding tert-OH is 1. The van der Waals surface area contributed by atoms with Crippen molar-refractivity contribution in [1.82, 2.24) is 5.32 Å². The zero-order chi connectivity index (χ0) is 13.8. The van der Waals surface area contributed by atoms with E-state index < -0.39 is 0 Å². The Hall–Kier alpha value is -1.35. The third kappa shape index (κ3) is 3.57. The highest BCUT2D eigenvalue weighted by Crippen LogP contribution is 2.22. The predicted molar refractivity (Wildman–Crippen MR) is 76.3 cm³/mol. The minimum Gasteiger partial charge on any atom is -0.393 e. The second-order valence-electron chi connectivity index (χ2n) is 5.69. The molecule has 0 saturated carbocycles. The van der Waals surface area contributed by atoms with Gasteiger partial charge in [0.2, 0.25) is 0 Å². The zero-order valence-corrected chi connectivity index (χ0v) is 11.8. The first-order valence-electron chi connectivity index (χ1n) is 7.16. The fraction of sp³-hybridized carbons (Fsp3) is 0.562. The average molecular weight is 261 g/mol. The molecule has 0 aliphatic heterocycles. The highest BCUT2D eigenvalue weighted by atomic mass is 16.3. The van der Waals surface area contributed by atoms with Gasteiger partial charge in [-0.3, -0.25) is 4.79 Å². The van der Waals surface area contributed by atoms with E-state index >= 15 is 0 Å². The number of benzene rings is 1. The van der Waals surface area contributed by atoms with Crippen molar-refractivity contribution in [2.24, 2.45) is 5.92 Å². The number of carbonyl (C=O) groups excluding carboxylic acids is 1. The monoisotopic (exact) mass is 261 g/mol. The summed E-state index contributed by atoms with van der Waals surface area (Å²) < 4.78 is 0. The number of aliphatic hydroxyl groups is 1. The third-order valence-electron chi connectivity index (χ3n) is 3.86. The maximum absolute atomic E-state index is 12.0. The zero-order valence-electron chi connectivity index (χ0n) is 11.8. The molecule has 0 saturated heterocycles. The molecule has 19 heavy (non-hydrogen) atoms. The normalized spacial score (nSPS) is 15.4. The van der Waals surface area contributed by atoms with Crippen LogP contribution in [0.3, 0.4) is 0 Å². The molecule has 0 fully saturated rings. The largest absolute Gasteiger partial charge is 0.393 e. The summed E-state index contributed by atoms with van der Waals surface area (Å²) in [6, 6.07) is 5.98. The molecule has 0 spiro atoms. The van der Waals surface area contributed by atoms with Gasteiger partial charge in [0.05, 0.1) is 6.10 Å². The van der Waals surface area contributed by atoms with Gasteiger partial charge in [0, 0.05) is 12.1 Å². The molecule has 104 valence electrons. The second-order valence-corrected chi connectivity index (χ2v) is 5.69. The van der Waals surface area contributed by atoms with E-state index in [4.69, 9.17) is 0 Å². The summed E-state index contributed by atoms with van der Waals surface area (Å²) in [5, 5.41) is 12.6.